The van der Waals surface area contributed by atoms with Crippen molar-refractivity contribution in [3.05, 3.63) is 35.9 Å². The van der Waals surface area contributed by atoms with Crippen LogP contribution < -0.4 is 0 Å². The summed E-state index contributed by atoms with van der Waals surface area (Å²) in [5.41, 5.74) is 1.08. The van der Waals surface area contributed by atoms with Gasteiger partial charge in [0.2, 0.25) is 11.3 Å². The van der Waals surface area contributed by atoms with Crippen LogP contribution in [0.5, 0.6) is 0 Å². The van der Waals surface area contributed by atoms with Gasteiger partial charge in [-0.2, -0.15) is 4.31 Å². The fourth-order valence-corrected chi connectivity index (χ4v) is 2.51. The van der Waals surface area contributed by atoms with Crippen LogP contribution in [-0.4, -0.2) is 21.6 Å². The van der Waals surface area contributed by atoms with Gasteiger partial charge in [0.15, 0.2) is 0 Å². The van der Waals surface area contributed by atoms with E-state index in [9.17, 15) is 4.21 Å². The zero-order chi connectivity index (χ0) is 10.1. The van der Waals surface area contributed by atoms with Crippen LogP contribution in [0.15, 0.2) is 30.3 Å². The molecule has 0 radical (unpaired) electrons. The van der Waals surface area contributed by atoms with Crippen molar-refractivity contribution in [1.82, 2.24) is 4.31 Å². The van der Waals surface area contributed by atoms with Gasteiger partial charge in [-0.3, -0.25) is 4.18 Å². The predicted octanol–water partition coefficient (Wildman–Crippen LogP) is 1.66. The largest absolute Gasteiger partial charge is 0.268 e. The number of benzene rings is 1. The zero-order valence-corrected chi connectivity index (χ0v) is 9.03. The monoisotopic (exact) mass is 211 g/mol. The van der Waals surface area contributed by atoms with Gasteiger partial charge in [0.1, 0.15) is 6.10 Å². The molecule has 76 valence electrons. The summed E-state index contributed by atoms with van der Waals surface area (Å²) in [5, 5.41) is 0. The van der Waals surface area contributed by atoms with E-state index in [4.69, 9.17) is 4.18 Å². The van der Waals surface area contributed by atoms with E-state index in [-0.39, 0.29) is 12.1 Å². The summed E-state index contributed by atoms with van der Waals surface area (Å²) in [6.45, 7) is 2.02. The van der Waals surface area contributed by atoms with E-state index in [1.165, 1.54) is 0 Å². The second-order valence-electron chi connectivity index (χ2n) is 3.43. The van der Waals surface area contributed by atoms with Crippen molar-refractivity contribution < 1.29 is 8.39 Å². The topological polar surface area (TPSA) is 29.5 Å². The number of likely N-dealkylation sites (N-methyl/N-ethyl adjacent to an activating group) is 1. The third-order valence-corrected chi connectivity index (χ3v) is 3.74. The molecule has 4 heteroatoms. The molecule has 0 saturated carbocycles. The predicted molar refractivity (Wildman–Crippen MR) is 55.6 cm³/mol. The van der Waals surface area contributed by atoms with E-state index in [1.807, 2.05) is 44.3 Å². The summed E-state index contributed by atoms with van der Waals surface area (Å²) in [6.07, 6.45) is -0.0815. The SMILES string of the molecule is C[C@H]1[C@H](c2ccccc2)O[S@](=O)N1C. The molecule has 0 unspecified atom stereocenters. The highest BCUT2D eigenvalue weighted by atomic mass is 32.2. The van der Waals surface area contributed by atoms with Gasteiger partial charge in [0.25, 0.3) is 0 Å². The second kappa shape index (κ2) is 3.81. The second-order valence-corrected chi connectivity index (χ2v) is 4.63. The smallest absolute Gasteiger partial charge is 0.237 e. The third kappa shape index (κ3) is 1.61. The van der Waals surface area contributed by atoms with Gasteiger partial charge >= 0.3 is 0 Å². The number of hydrogen-bond acceptors (Lipinski definition) is 2. The van der Waals surface area contributed by atoms with Gasteiger partial charge in [-0.05, 0) is 12.5 Å². The van der Waals surface area contributed by atoms with Gasteiger partial charge < -0.3 is 0 Å². The summed E-state index contributed by atoms with van der Waals surface area (Å²) < 4.78 is 18.5. The lowest BCUT2D eigenvalue weighted by molar-refractivity contribution is 0.218. The summed E-state index contributed by atoms with van der Waals surface area (Å²) in [5.74, 6) is 0. The quantitative estimate of drug-likeness (QED) is 0.707. The molecule has 1 heterocycles. The Hall–Kier alpha value is -0.710. The molecule has 1 aromatic rings. The van der Waals surface area contributed by atoms with Crippen LogP contribution in [0.3, 0.4) is 0 Å². The van der Waals surface area contributed by atoms with Crippen molar-refractivity contribution in [1.29, 1.82) is 0 Å². The molecule has 3 nitrogen and oxygen atoms in total. The molecule has 14 heavy (non-hydrogen) atoms. The standard InChI is InChI=1S/C10H13NO2S/c1-8-10(13-14(12)11(8)2)9-6-4-3-5-7-9/h3-8,10H,1-2H3/t8-,10+,14-/m0/s1. The highest BCUT2D eigenvalue weighted by Gasteiger charge is 2.36. The Balaban J connectivity index is 2.26. The molecule has 3 atom stereocenters. The minimum Gasteiger partial charge on any atom is -0.268 e. The molecule has 0 N–H and O–H groups in total. The lowest BCUT2D eigenvalue weighted by Crippen LogP contribution is -2.25. The summed E-state index contributed by atoms with van der Waals surface area (Å²) >= 11 is -1.29. The fraction of sp³-hybridized carbons (Fsp3) is 0.400. The lowest BCUT2D eigenvalue weighted by atomic mass is 10.0. The zero-order valence-electron chi connectivity index (χ0n) is 8.21. The van der Waals surface area contributed by atoms with Gasteiger partial charge in [0, 0.05) is 7.05 Å². The lowest BCUT2D eigenvalue weighted by Gasteiger charge is -2.15. The molecular weight excluding hydrogens is 198 g/mol. The van der Waals surface area contributed by atoms with Crippen molar-refractivity contribution in [2.75, 3.05) is 7.05 Å². The number of rotatable bonds is 1. The molecule has 1 aromatic carbocycles. The average molecular weight is 211 g/mol. The minimum absolute atomic E-state index is 0.0815. The molecule has 2 rings (SSSR count). The molecule has 0 aromatic heterocycles. The molecule has 0 spiro atoms. The highest BCUT2D eigenvalue weighted by Crippen LogP contribution is 2.32. The van der Waals surface area contributed by atoms with E-state index in [2.05, 4.69) is 0 Å². The molecule has 1 aliphatic heterocycles. The minimum atomic E-state index is -1.29. The molecule has 0 aliphatic carbocycles. The van der Waals surface area contributed by atoms with E-state index >= 15 is 0 Å². The molecule has 1 fully saturated rings. The number of hydrogen-bond donors (Lipinski definition) is 0. The maximum absolute atomic E-state index is 11.4. The molecular formula is C10H13NO2S. The van der Waals surface area contributed by atoms with Gasteiger partial charge in [-0.1, -0.05) is 30.3 Å². The van der Waals surface area contributed by atoms with Crippen molar-refractivity contribution in [2.45, 2.75) is 19.1 Å². The molecule has 0 bridgehead atoms. The first-order chi connectivity index (χ1) is 6.70. The Morgan fingerprint density at radius 3 is 2.50 bits per heavy atom. The van der Waals surface area contributed by atoms with Crippen molar-refractivity contribution in [3.8, 4) is 0 Å². The molecule has 1 saturated heterocycles. The van der Waals surface area contributed by atoms with Crippen LogP contribution in [0.4, 0.5) is 0 Å². The Kier molecular flexibility index (Phi) is 2.67. The van der Waals surface area contributed by atoms with Crippen LogP contribution in [0, 0.1) is 0 Å². The Morgan fingerprint density at radius 1 is 1.36 bits per heavy atom. The van der Waals surface area contributed by atoms with E-state index < -0.39 is 11.3 Å². The van der Waals surface area contributed by atoms with Crippen molar-refractivity contribution in [2.24, 2.45) is 0 Å². The maximum atomic E-state index is 11.4. The normalized spacial score (nSPS) is 33.4. The Labute approximate surface area is 86.5 Å². The first-order valence-corrected chi connectivity index (χ1v) is 5.60. The first kappa shape index (κ1) is 9.83. The van der Waals surface area contributed by atoms with Crippen molar-refractivity contribution >= 4 is 11.3 Å². The van der Waals surface area contributed by atoms with Crippen molar-refractivity contribution in [3.63, 3.8) is 0 Å². The summed E-state index contributed by atoms with van der Waals surface area (Å²) in [7, 11) is 1.81. The third-order valence-electron chi connectivity index (χ3n) is 2.56. The fourth-order valence-electron chi connectivity index (χ4n) is 1.54. The van der Waals surface area contributed by atoms with Crippen LogP contribution in [-0.2, 0) is 15.4 Å². The first-order valence-electron chi connectivity index (χ1n) is 4.57. The van der Waals surface area contributed by atoms with Crippen LogP contribution in [0.25, 0.3) is 0 Å². The maximum Gasteiger partial charge on any atom is 0.237 e. The highest BCUT2D eigenvalue weighted by molar-refractivity contribution is 7.77. The number of nitrogens with zero attached hydrogens (tertiary/aromatic N) is 1. The molecule has 1 aliphatic rings. The van der Waals surface area contributed by atoms with Gasteiger partial charge in [-0.25, -0.2) is 4.21 Å². The van der Waals surface area contributed by atoms with E-state index in [0.717, 1.165) is 5.56 Å². The Bertz CT molecular complexity index is 341. The van der Waals surface area contributed by atoms with Gasteiger partial charge in [-0.15, -0.1) is 0 Å². The van der Waals surface area contributed by atoms with Crippen LogP contribution in [0.2, 0.25) is 0 Å². The molecule has 0 amide bonds. The van der Waals surface area contributed by atoms with E-state index in [1.54, 1.807) is 4.31 Å². The summed E-state index contributed by atoms with van der Waals surface area (Å²) in [6, 6.07) is 10.0. The van der Waals surface area contributed by atoms with Crippen LogP contribution in [0.1, 0.15) is 18.6 Å². The van der Waals surface area contributed by atoms with Crippen LogP contribution >= 0.6 is 0 Å². The Morgan fingerprint density at radius 2 is 2.00 bits per heavy atom. The summed E-state index contributed by atoms with van der Waals surface area (Å²) in [4.78, 5) is 0. The van der Waals surface area contributed by atoms with Gasteiger partial charge in [0.05, 0.1) is 6.04 Å². The van der Waals surface area contributed by atoms with E-state index in [0.29, 0.717) is 0 Å². The average Bonchev–Trinajstić information content (AvgIpc) is 2.47.